The number of rotatable bonds is 6. The predicted octanol–water partition coefficient (Wildman–Crippen LogP) is 1.70. The van der Waals surface area contributed by atoms with Crippen molar-refractivity contribution in [2.75, 3.05) is 12.3 Å². The first-order valence-corrected chi connectivity index (χ1v) is 5.51. The van der Waals surface area contributed by atoms with Gasteiger partial charge >= 0.3 is 0 Å². The van der Waals surface area contributed by atoms with Gasteiger partial charge in [0.05, 0.1) is 5.03 Å². The van der Waals surface area contributed by atoms with Crippen molar-refractivity contribution in [3.63, 3.8) is 0 Å². The zero-order valence-electron chi connectivity index (χ0n) is 7.65. The minimum atomic E-state index is 0.804. The van der Waals surface area contributed by atoms with Crippen molar-refractivity contribution < 1.29 is 0 Å². The first kappa shape index (κ1) is 10.5. The number of hydrogen-bond acceptors (Lipinski definition) is 4. The number of nitrogens with zero attached hydrogens (tertiary/aromatic N) is 2. The molecule has 0 saturated carbocycles. The summed E-state index contributed by atoms with van der Waals surface area (Å²) in [4.78, 5) is 7.99. The van der Waals surface area contributed by atoms with Gasteiger partial charge in [0.2, 0.25) is 0 Å². The molecule has 13 heavy (non-hydrogen) atoms. The van der Waals surface area contributed by atoms with Crippen LogP contribution in [0.5, 0.6) is 0 Å². The topological polar surface area (TPSA) is 51.8 Å². The lowest BCUT2D eigenvalue weighted by Gasteiger charge is -1.99. The minimum Gasteiger partial charge on any atom is -0.330 e. The van der Waals surface area contributed by atoms with Crippen molar-refractivity contribution in [3.05, 3.63) is 18.6 Å². The maximum Gasteiger partial charge on any atom is 0.116 e. The molecule has 0 aromatic carbocycles. The summed E-state index contributed by atoms with van der Waals surface area (Å²) in [7, 11) is 0. The summed E-state index contributed by atoms with van der Waals surface area (Å²) >= 11 is 1.78. The molecule has 0 bridgehead atoms. The third-order valence-electron chi connectivity index (χ3n) is 1.65. The van der Waals surface area contributed by atoms with E-state index in [2.05, 4.69) is 9.97 Å². The van der Waals surface area contributed by atoms with Crippen molar-refractivity contribution >= 4 is 11.8 Å². The quantitative estimate of drug-likeness (QED) is 0.428. The van der Waals surface area contributed by atoms with Crippen molar-refractivity contribution in [2.45, 2.75) is 24.3 Å². The zero-order chi connectivity index (χ0) is 9.36. The van der Waals surface area contributed by atoms with E-state index in [1.165, 1.54) is 12.8 Å². The highest BCUT2D eigenvalue weighted by atomic mass is 32.2. The van der Waals surface area contributed by atoms with E-state index in [1.807, 2.05) is 6.07 Å². The van der Waals surface area contributed by atoms with Gasteiger partial charge in [-0.25, -0.2) is 9.97 Å². The van der Waals surface area contributed by atoms with Crippen LogP contribution in [0.25, 0.3) is 0 Å². The summed E-state index contributed by atoms with van der Waals surface area (Å²) in [6.45, 7) is 0.804. The number of unbranched alkanes of at least 4 members (excludes halogenated alkanes) is 2. The number of nitrogens with two attached hydrogens (primary N) is 1. The minimum absolute atomic E-state index is 0.804. The average molecular weight is 197 g/mol. The molecule has 72 valence electrons. The van der Waals surface area contributed by atoms with E-state index in [-0.39, 0.29) is 0 Å². The second-order valence-corrected chi connectivity index (χ2v) is 3.86. The summed E-state index contributed by atoms with van der Waals surface area (Å²) in [6.07, 6.45) is 6.92. The Morgan fingerprint density at radius 3 is 2.92 bits per heavy atom. The fourth-order valence-corrected chi connectivity index (χ4v) is 1.80. The van der Waals surface area contributed by atoms with Crippen molar-refractivity contribution in [2.24, 2.45) is 5.73 Å². The molecule has 1 rings (SSSR count). The lowest BCUT2D eigenvalue weighted by molar-refractivity contribution is 0.732. The fraction of sp³-hybridized carbons (Fsp3) is 0.556. The molecule has 0 aliphatic heterocycles. The molecule has 0 unspecified atom stereocenters. The van der Waals surface area contributed by atoms with Crippen LogP contribution in [-0.2, 0) is 0 Å². The summed E-state index contributed by atoms with van der Waals surface area (Å²) in [5.74, 6) is 1.12. The maximum absolute atomic E-state index is 5.39. The van der Waals surface area contributed by atoms with Gasteiger partial charge in [0.1, 0.15) is 6.33 Å². The van der Waals surface area contributed by atoms with Gasteiger partial charge in [-0.3, -0.25) is 0 Å². The zero-order valence-corrected chi connectivity index (χ0v) is 8.46. The van der Waals surface area contributed by atoms with Crippen LogP contribution in [0.1, 0.15) is 19.3 Å². The average Bonchev–Trinajstić information content (AvgIpc) is 2.19. The summed E-state index contributed by atoms with van der Waals surface area (Å²) in [5.41, 5.74) is 5.39. The van der Waals surface area contributed by atoms with Crippen LogP contribution < -0.4 is 5.73 Å². The number of aromatic nitrogens is 2. The van der Waals surface area contributed by atoms with Crippen LogP contribution in [0.4, 0.5) is 0 Å². The third-order valence-corrected chi connectivity index (χ3v) is 2.68. The fourth-order valence-electron chi connectivity index (χ4n) is 0.964. The molecule has 0 atom stereocenters. The smallest absolute Gasteiger partial charge is 0.116 e. The summed E-state index contributed by atoms with van der Waals surface area (Å²) < 4.78 is 0. The first-order valence-electron chi connectivity index (χ1n) is 4.52. The normalized spacial score (nSPS) is 10.2. The van der Waals surface area contributed by atoms with Crippen LogP contribution in [0.3, 0.4) is 0 Å². The Labute approximate surface area is 83.2 Å². The lowest BCUT2D eigenvalue weighted by Crippen LogP contribution is -1.97. The highest BCUT2D eigenvalue weighted by molar-refractivity contribution is 7.99. The molecule has 1 aromatic heterocycles. The highest BCUT2D eigenvalue weighted by Crippen LogP contribution is 2.15. The van der Waals surface area contributed by atoms with Crippen LogP contribution in [-0.4, -0.2) is 22.3 Å². The lowest BCUT2D eigenvalue weighted by atomic mass is 10.2. The van der Waals surface area contributed by atoms with Gasteiger partial charge in [-0.2, -0.15) is 0 Å². The molecule has 0 spiro atoms. The Bertz CT molecular complexity index is 215. The van der Waals surface area contributed by atoms with E-state index in [4.69, 9.17) is 5.73 Å². The van der Waals surface area contributed by atoms with Crippen LogP contribution in [0.2, 0.25) is 0 Å². The van der Waals surface area contributed by atoms with E-state index in [0.717, 1.165) is 23.7 Å². The molecular weight excluding hydrogens is 182 g/mol. The van der Waals surface area contributed by atoms with Crippen LogP contribution in [0.15, 0.2) is 23.6 Å². The van der Waals surface area contributed by atoms with E-state index >= 15 is 0 Å². The van der Waals surface area contributed by atoms with E-state index < -0.39 is 0 Å². The highest BCUT2D eigenvalue weighted by Gasteiger charge is 1.93. The number of hydrogen-bond donors (Lipinski definition) is 1. The van der Waals surface area contributed by atoms with E-state index in [9.17, 15) is 0 Å². The Kier molecular flexibility index (Phi) is 5.52. The standard InChI is InChI=1S/C9H15N3S/c10-5-2-1-3-7-13-9-4-6-11-8-12-9/h4,6,8H,1-3,5,7,10H2. The summed E-state index contributed by atoms with van der Waals surface area (Å²) in [6, 6.07) is 1.94. The molecule has 4 heteroatoms. The van der Waals surface area contributed by atoms with Gasteiger partial charge in [0.15, 0.2) is 0 Å². The van der Waals surface area contributed by atoms with Crippen molar-refractivity contribution in [3.8, 4) is 0 Å². The van der Waals surface area contributed by atoms with Gasteiger partial charge in [-0.1, -0.05) is 6.42 Å². The van der Waals surface area contributed by atoms with Gasteiger partial charge in [0, 0.05) is 6.20 Å². The molecule has 0 saturated heterocycles. The second kappa shape index (κ2) is 6.86. The predicted molar refractivity (Wildman–Crippen MR) is 55.7 cm³/mol. The summed E-state index contributed by atoms with van der Waals surface area (Å²) in [5, 5.41) is 1.06. The largest absolute Gasteiger partial charge is 0.330 e. The molecule has 0 fully saturated rings. The molecule has 0 amide bonds. The molecule has 2 N–H and O–H groups in total. The van der Waals surface area contributed by atoms with E-state index in [0.29, 0.717) is 0 Å². The monoisotopic (exact) mass is 197 g/mol. The van der Waals surface area contributed by atoms with Crippen molar-refractivity contribution in [1.82, 2.24) is 9.97 Å². The molecule has 1 heterocycles. The molecule has 0 aliphatic carbocycles. The Morgan fingerprint density at radius 2 is 2.23 bits per heavy atom. The Morgan fingerprint density at radius 1 is 1.31 bits per heavy atom. The van der Waals surface area contributed by atoms with Gasteiger partial charge in [-0.15, -0.1) is 11.8 Å². The first-order chi connectivity index (χ1) is 6.43. The Balaban J connectivity index is 2.07. The molecular formula is C9H15N3S. The molecule has 0 radical (unpaired) electrons. The molecule has 1 aromatic rings. The van der Waals surface area contributed by atoms with Gasteiger partial charge in [0.25, 0.3) is 0 Å². The van der Waals surface area contributed by atoms with Gasteiger partial charge in [-0.05, 0) is 31.2 Å². The third kappa shape index (κ3) is 4.85. The SMILES string of the molecule is NCCCCCSc1ccncn1. The Hall–Kier alpha value is -0.610. The van der Waals surface area contributed by atoms with Crippen molar-refractivity contribution in [1.29, 1.82) is 0 Å². The van der Waals surface area contributed by atoms with Gasteiger partial charge < -0.3 is 5.73 Å². The molecule has 0 aliphatic rings. The van der Waals surface area contributed by atoms with Crippen LogP contribution >= 0.6 is 11.8 Å². The van der Waals surface area contributed by atoms with E-state index in [1.54, 1.807) is 24.3 Å². The number of thioether (sulfide) groups is 1. The van der Waals surface area contributed by atoms with Crippen LogP contribution in [0, 0.1) is 0 Å². The molecule has 3 nitrogen and oxygen atoms in total. The second-order valence-electron chi connectivity index (χ2n) is 2.75. The maximum atomic E-state index is 5.39.